The fourth-order valence-electron chi connectivity index (χ4n) is 3.00. The summed E-state index contributed by atoms with van der Waals surface area (Å²) in [6, 6.07) is 13.5. The van der Waals surface area contributed by atoms with Gasteiger partial charge in [-0.2, -0.15) is 0 Å². The number of hydrogen-bond acceptors (Lipinski definition) is 3. The number of aromatic nitrogens is 1. The van der Waals surface area contributed by atoms with Crippen molar-refractivity contribution in [1.82, 2.24) is 9.88 Å². The molecule has 0 fully saturated rings. The van der Waals surface area contributed by atoms with Crippen molar-refractivity contribution in [2.24, 2.45) is 0 Å². The van der Waals surface area contributed by atoms with Gasteiger partial charge < -0.3 is 14.8 Å². The van der Waals surface area contributed by atoms with Crippen LogP contribution in [0.4, 0.5) is 5.69 Å². The van der Waals surface area contributed by atoms with E-state index in [1.54, 1.807) is 18.3 Å². The lowest BCUT2D eigenvalue weighted by Gasteiger charge is -2.27. The van der Waals surface area contributed by atoms with E-state index in [9.17, 15) is 9.59 Å². The van der Waals surface area contributed by atoms with E-state index in [-0.39, 0.29) is 24.1 Å². The van der Waals surface area contributed by atoms with Crippen molar-refractivity contribution in [3.63, 3.8) is 0 Å². The van der Waals surface area contributed by atoms with E-state index in [4.69, 9.17) is 0 Å². The predicted molar refractivity (Wildman–Crippen MR) is 90.7 cm³/mol. The minimum Gasteiger partial charge on any atom is -0.366 e. The molecule has 1 amide bonds. The van der Waals surface area contributed by atoms with Crippen LogP contribution < -0.4 is 15.8 Å². The van der Waals surface area contributed by atoms with Gasteiger partial charge in [0.1, 0.15) is 6.54 Å². The molecule has 0 radical (unpaired) electrons. The van der Waals surface area contributed by atoms with E-state index in [1.165, 1.54) is 21.9 Å². The maximum atomic E-state index is 12.0. The zero-order chi connectivity index (χ0) is 16.2. The zero-order valence-corrected chi connectivity index (χ0v) is 13.2. The second-order valence-electron chi connectivity index (χ2n) is 5.89. The van der Waals surface area contributed by atoms with Gasteiger partial charge >= 0.3 is 0 Å². The highest BCUT2D eigenvalue weighted by Crippen LogP contribution is 2.28. The highest BCUT2D eigenvalue weighted by atomic mass is 16.2. The fourth-order valence-corrected chi connectivity index (χ4v) is 3.00. The molecular weight excluding hydrogens is 290 g/mol. The molecule has 1 aromatic carbocycles. The molecular formula is C18H21N3O2. The Bertz CT molecular complexity index is 754. The van der Waals surface area contributed by atoms with Gasteiger partial charge in [0.15, 0.2) is 0 Å². The van der Waals surface area contributed by atoms with Crippen molar-refractivity contribution < 1.29 is 4.79 Å². The molecule has 120 valence electrons. The van der Waals surface area contributed by atoms with Crippen molar-refractivity contribution in [1.29, 1.82) is 0 Å². The molecule has 0 aliphatic carbocycles. The van der Waals surface area contributed by atoms with Gasteiger partial charge in [-0.1, -0.05) is 24.3 Å². The van der Waals surface area contributed by atoms with Crippen LogP contribution in [0.3, 0.4) is 0 Å². The molecule has 2 aromatic rings. The third-order valence-corrected chi connectivity index (χ3v) is 4.26. The molecule has 0 spiro atoms. The van der Waals surface area contributed by atoms with Crippen LogP contribution in [-0.2, 0) is 17.8 Å². The summed E-state index contributed by atoms with van der Waals surface area (Å²) >= 11 is 0. The first-order valence-corrected chi connectivity index (χ1v) is 7.92. The predicted octanol–water partition coefficient (Wildman–Crippen LogP) is 1.42. The number of rotatable bonds is 5. The summed E-state index contributed by atoms with van der Waals surface area (Å²) in [5, 5.41) is 2.93. The Kier molecular flexibility index (Phi) is 4.46. The second-order valence-corrected chi connectivity index (χ2v) is 5.89. The van der Waals surface area contributed by atoms with E-state index < -0.39 is 0 Å². The number of nitrogens with one attached hydrogen (secondary N) is 1. The Morgan fingerprint density at radius 1 is 1.22 bits per heavy atom. The standard InChI is InChI=1S/C18H21N3O2/c1-14(21-11-9-15-6-2-3-7-16(15)21)12-19-17(22)13-20-10-5-4-8-18(20)23/h2-8,10,14H,9,11-13H2,1H3,(H,19,22)/t14-/m1/s1. The Morgan fingerprint density at radius 3 is 2.83 bits per heavy atom. The SMILES string of the molecule is C[C@H](CNC(=O)Cn1ccccc1=O)N1CCc2ccccc21. The van der Waals surface area contributed by atoms with Gasteiger partial charge in [0, 0.05) is 37.1 Å². The lowest BCUT2D eigenvalue weighted by molar-refractivity contribution is -0.121. The molecule has 1 N–H and O–H groups in total. The molecule has 1 aromatic heterocycles. The quantitative estimate of drug-likeness (QED) is 0.908. The van der Waals surface area contributed by atoms with Gasteiger partial charge in [-0.25, -0.2) is 0 Å². The molecule has 5 heteroatoms. The summed E-state index contributed by atoms with van der Waals surface area (Å²) in [4.78, 5) is 26.0. The number of benzene rings is 1. The lowest BCUT2D eigenvalue weighted by atomic mass is 10.2. The number of amides is 1. The Hall–Kier alpha value is -2.56. The van der Waals surface area contributed by atoms with E-state index in [2.05, 4.69) is 35.3 Å². The maximum absolute atomic E-state index is 12.0. The van der Waals surface area contributed by atoms with Crippen LogP contribution in [0, 0.1) is 0 Å². The van der Waals surface area contributed by atoms with Crippen LogP contribution in [0.25, 0.3) is 0 Å². The van der Waals surface area contributed by atoms with Gasteiger partial charge in [0.05, 0.1) is 0 Å². The average molecular weight is 311 g/mol. The topological polar surface area (TPSA) is 54.3 Å². The minimum absolute atomic E-state index is 0.0585. The van der Waals surface area contributed by atoms with Crippen molar-refractivity contribution in [3.8, 4) is 0 Å². The number of anilines is 1. The second kappa shape index (κ2) is 6.69. The Labute approximate surface area is 135 Å². The van der Waals surface area contributed by atoms with Crippen LogP contribution in [0.5, 0.6) is 0 Å². The van der Waals surface area contributed by atoms with E-state index in [0.29, 0.717) is 6.54 Å². The Morgan fingerprint density at radius 2 is 2.00 bits per heavy atom. The number of pyridine rings is 1. The normalized spacial score (nSPS) is 14.4. The van der Waals surface area contributed by atoms with Gasteiger partial charge in [0.2, 0.25) is 5.91 Å². The van der Waals surface area contributed by atoms with Gasteiger partial charge in [-0.05, 0) is 31.0 Å². The minimum atomic E-state index is -0.163. The van der Waals surface area contributed by atoms with Gasteiger partial charge in [-0.3, -0.25) is 9.59 Å². The van der Waals surface area contributed by atoms with Gasteiger partial charge in [-0.15, -0.1) is 0 Å². The number of nitrogens with zero attached hydrogens (tertiary/aromatic N) is 2. The first-order valence-electron chi connectivity index (χ1n) is 7.92. The first-order chi connectivity index (χ1) is 11.1. The van der Waals surface area contributed by atoms with Gasteiger partial charge in [0.25, 0.3) is 5.56 Å². The summed E-state index contributed by atoms with van der Waals surface area (Å²) in [6.07, 6.45) is 2.68. The van der Waals surface area contributed by atoms with Crippen LogP contribution in [0.2, 0.25) is 0 Å². The molecule has 5 nitrogen and oxygen atoms in total. The zero-order valence-electron chi connectivity index (χ0n) is 13.2. The fraction of sp³-hybridized carbons (Fsp3) is 0.333. The van der Waals surface area contributed by atoms with Crippen molar-refractivity contribution >= 4 is 11.6 Å². The van der Waals surface area contributed by atoms with Crippen molar-refractivity contribution in [2.75, 3.05) is 18.0 Å². The molecule has 0 unspecified atom stereocenters. The number of carbonyl (C=O) groups is 1. The lowest BCUT2D eigenvalue weighted by Crippen LogP contribution is -2.43. The monoisotopic (exact) mass is 311 g/mol. The molecule has 3 rings (SSSR count). The summed E-state index contributed by atoms with van der Waals surface area (Å²) in [6.45, 7) is 3.71. The van der Waals surface area contributed by atoms with E-state index in [1.807, 2.05) is 6.07 Å². The molecule has 2 heterocycles. The largest absolute Gasteiger partial charge is 0.366 e. The molecule has 0 bridgehead atoms. The molecule has 1 aliphatic heterocycles. The van der Waals surface area contributed by atoms with Crippen LogP contribution >= 0.6 is 0 Å². The molecule has 0 saturated carbocycles. The van der Waals surface area contributed by atoms with Crippen LogP contribution in [-0.4, -0.2) is 29.6 Å². The number of hydrogen-bond donors (Lipinski definition) is 1. The van der Waals surface area contributed by atoms with E-state index >= 15 is 0 Å². The third-order valence-electron chi connectivity index (χ3n) is 4.26. The molecule has 0 saturated heterocycles. The molecule has 1 atom stereocenters. The van der Waals surface area contributed by atoms with E-state index in [0.717, 1.165) is 13.0 Å². The number of para-hydroxylation sites is 1. The van der Waals surface area contributed by atoms with Crippen molar-refractivity contribution in [2.45, 2.75) is 25.9 Å². The molecule has 1 aliphatic rings. The van der Waals surface area contributed by atoms with Crippen LogP contribution in [0.15, 0.2) is 53.5 Å². The number of fused-ring (bicyclic) bond motifs is 1. The summed E-state index contributed by atoms with van der Waals surface area (Å²) in [5.41, 5.74) is 2.46. The summed E-state index contributed by atoms with van der Waals surface area (Å²) in [7, 11) is 0. The average Bonchev–Trinajstić information content (AvgIpc) is 2.99. The highest BCUT2D eigenvalue weighted by molar-refractivity contribution is 5.75. The van der Waals surface area contributed by atoms with Crippen molar-refractivity contribution in [3.05, 3.63) is 64.6 Å². The highest BCUT2D eigenvalue weighted by Gasteiger charge is 2.23. The first kappa shape index (κ1) is 15.3. The molecule has 23 heavy (non-hydrogen) atoms. The summed E-state index contributed by atoms with van der Waals surface area (Å²) in [5.74, 6) is -0.141. The maximum Gasteiger partial charge on any atom is 0.250 e. The number of carbonyl (C=O) groups excluding carboxylic acids is 1. The smallest absolute Gasteiger partial charge is 0.250 e. The summed E-state index contributed by atoms with van der Waals surface area (Å²) < 4.78 is 1.41. The third kappa shape index (κ3) is 3.44. The Balaban J connectivity index is 1.55. The van der Waals surface area contributed by atoms with Crippen LogP contribution in [0.1, 0.15) is 12.5 Å².